The first-order valence-corrected chi connectivity index (χ1v) is 12.5. The Balaban J connectivity index is 1.05. The summed E-state index contributed by atoms with van der Waals surface area (Å²) in [5.74, 6) is 1.15. The largest absolute Gasteiger partial charge is 0.399 e. The zero-order chi connectivity index (χ0) is 22.8. The van der Waals surface area contributed by atoms with Gasteiger partial charge in [-0.15, -0.1) is 0 Å². The van der Waals surface area contributed by atoms with Gasteiger partial charge in [0.25, 0.3) is 0 Å². The van der Waals surface area contributed by atoms with Crippen LogP contribution in [0.3, 0.4) is 0 Å². The maximum Gasteiger partial charge on any atom is 0.229 e. The Morgan fingerprint density at radius 3 is 2.30 bits per heavy atom. The van der Waals surface area contributed by atoms with E-state index in [4.69, 9.17) is 10.7 Å². The number of hydrogen-bond acceptors (Lipinski definition) is 6. The molecule has 3 heterocycles. The molecule has 176 valence electrons. The molecule has 2 saturated heterocycles. The van der Waals surface area contributed by atoms with E-state index in [1.807, 2.05) is 18.2 Å². The summed E-state index contributed by atoms with van der Waals surface area (Å²) in [6.07, 6.45) is 7.49. The fraction of sp³-hybridized carbons (Fsp3) is 0.577. The molecule has 0 bridgehead atoms. The van der Waals surface area contributed by atoms with Gasteiger partial charge in [-0.05, 0) is 68.0 Å². The normalized spacial score (nSPS) is 21.5. The number of unbranched alkanes of at least 4 members (excludes halogenated alkanes) is 1. The second-order valence-corrected chi connectivity index (χ2v) is 10.2. The number of anilines is 2. The summed E-state index contributed by atoms with van der Waals surface area (Å²) in [5, 5.41) is 1.07. The van der Waals surface area contributed by atoms with E-state index >= 15 is 0 Å². The first-order chi connectivity index (χ1) is 16.0. The maximum atomic E-state index is 12.6. The van der Waals surface area contributed by atoms with Crippen LogP contribution in [0.1, 0.15) is 51.4 Å². The third-order valence-electron chi connectivity index (χ3n) is 7.82. The quantitative estimate of drug-likeness (QED) is 0.413. The molecule has 3 aliphatic rings. The lowest BCUT2D eigenvalue weighted by Crippen LogP contribution is -2.48. The van der Waals surface area contributed by atoms with Crippen LogP contribution >= 0.6 is 0 Å². The van der Waals surface area contributed by atoms with Crippen molar-refractivity contribution >= 4 is 34.2 Å². The van der Waals surface area contributed by atoms with Crippen LogP contribution in [0.15, 0.2) is 30.3 Å². The van der Waals surface area contributed by atoms with Crippen molar-refractivity contribution < 1.29 is 9.59 Å². The number of fused-ring (bicyclic) bond motifs is 1. The Bertz CT molecular complexity index is 1000. The Hall–Kier alpha value is -2.67. The molecule has 7 nitrogen and oxygen atoms in total. The van der Waals surface area contributed by atoms with E-state index in [1.165, 1.54) is 12.8 Å². The lowest BCUT2D eigenvalue weighted by Gasteiger charge is -2.37. The van der Waals surface area contributed by atoms with Crippen molar-refractivity contribution in [2.75, 3.05) is 49.9 Å². The van der Waals surface area contributed by atoms with Gasteiger partial charge < -0.3 is 10.6 Å². The Labute approximate surface area is 195 Å². The van der Waals surface area contributed by atoms with Gasteiger partial charge in [0.05, 0.1) is 5.52 Å². The molecular formula is C26H35N5O2. The molecule has 2 amide bonds. The summed E-state index contributed by atoms with van der Waals surface area (Å²) < 4.78 is 0. The van der Waals surface area contributed by atoms with Crippen LogP contribution in [0.2, 0.25) is 0 Å². The third kappa shape index (κ3) is 4.83. The second kappa shape index (κ2) is 9.29. The van der Waals surface area contributed by atoms with Crippen LogP contribution in [0, 0.1) is 5.41 Å². The molecule has 0 atom stereocenters. The van der Waals surface area contributed by atoms with Crippen LogP contribution < -0.4 is 10.6 Å². The van der Waals surface area contributed by atoms with Crippen LogP contribution in [0.5, 0.6) is 0 Å². The number of nitrogen functional groups attached to an aromatic ring is 1. The summed E-state index contributed by atoms with van der Waals surface area (Å²) in [7, 11) is 0. The molecule has 1 aliphatic carbocycles. The van der Waals surface area contributed by atoms with E-state index in [2.05, 4.69) is 21.9 Å². The predicted molar refractivity (Wildman–Crippen MR) is 131 cm³/mol. The zero-order valence-electron chi connectivity index (χ0n) is 19.5. The summed E-state index contributed by atoms with van der Waals surface area (Å²) in [6, 6.07) is 10.0. The van der Waals surface area contributed by atoms with E-state index in [9.17, 15) is 9.59 Å². The second-order valence-electron chi connectivity index (χ2n) is 10.2. The number of likely N-dealkylation sites (tertiary alicyclic amines) is 1. The molecule has 2 aromatic rings. The topological polar surface area (TPSA) is 82.8 Å². The number of piperazine rings is 1. The van der Waals surface area contributed by atoms with Gasteiger partial charge in [0.2, 0.25) is 11.8 Å². The molecule has 7 heteroatoms. The average Bonchev–Trinajstić information content (AvgIpc) is 3.25. The average molecular weight is 450 g/mol. The van der Waals surface area contributed by atoms with Crippen molar-refractivity contribution in [3.05, 3.63) is 30.3 Å². The predicted octanol–water partition coefficient (Wildman–Crippen LogP) is 3.43. The highest BCUT2D eigenvalue weighted by Crippen LogP contribution is 2.46. The van der Waals surface area contributed by atoms with E-state index in [1.54, 1.807) is 4.90 Å². The number of amides is 2. The molecule has 0 unspecified atom stereocenters. The Morgan fingerprint density at radius 1 is 0.879 bits per heavy atom. The molecule has 1 aromatic heterocycles. The number of piperidine rings is 1. The smallest absolute Gasteiger partial charge is 0.229 e. The first kappa shape index (κ1) is 22.1. The van der Waals surface area contributed by atoms with Crippen LogP contribution in [-0.2, 0) is 9.59 Å². The number of carbonyl (C=O) groups is 2. The Kier molecular flexibility index (Phi) is 6.23. The maximum absolute atomic E-state index is 12.6. The van der Waals surface area contributed by atoms with Crippen LogP contribution in [0.4, 0.5) is 11.5 Å². The van der Waals surface area contributed by atoms with Crippen molar-refractivity contribution in [1.29, 1.82) is 0 Å². The number of carbonyl (C=O) groups excluding carboxylic acids is 2. The molecule has 3 fully saturated rings. The highest BCUT2D eigenvalue weighted by Gasteiger charge is 2.44. The number of aromatic nitrogens is 1. The molecule has 33 heavy (non-hydrogen) atoms. The fourth-order valence-corrected chi connectivity index (χ4v) is 5.88. The number of nitrogens with zero attached hydrogens (tertiary/aromatic N) is 4. The minimum absolute atomic E-state index is 0.00238. The van der Waals surface area contributed by atoms with Gasteiger partial charge in [0.1, 0.15) is 5.82 Å². The number of rotatable bonds is 6. The van der Waals surface area contributed by atoms with Crippen LogP contribution in [-0.4, -0.2) is 65.9 Å². The number of benzene rings is 1. The lowest BCUT2D eigenvalue weighted by molar-refractivity contribution is -0.153. The van der Waals surface area contributed by atoms with Crippen molar-refractivity contribution in [1.82, 2.24) is 14.8 Å². The summed E-state index contributed by atoms with van der Waals surface area (Å²) in [4.78, 5) is 36.4. The van der Waals surface area contributed by atoms with Crippen molar-refractivity contribution in [3.8, 4) is 0 Å². The molecule has 5 rings (SSSR count). The van der Waals surface area contributed by atoms with E-state index < -0.39 is 0 Å². The van der Waals surface area contributed by atoms with Gasteiger partial charge in [-0.25, -0.2) is 4.98 Å². The van der Waals surface area contributed by atoms with Crippen molar-refractivity contribution in [2.24, 2.45) is 5.41 Å². The van der Waals surface area contributed by atoms with Gasteiger partial charge in [-0.1, -0.05) is 12.8 Å². The summed E-state index contributed by atoms with van der Waals surface area (Å²) >= 11 is 0. The number of pyridine rings is 1. The van der Waals surface area contributed by atoms with Gasteiger partial charge in [-0.3, -0.25) is 19.4 Å². The van der Waals surface area contributed by atoms with Crippen molar-refractivity contribution in [3.63, 3.8) is 0 Å². The summed E-state index contributed by atoms with van der Waals surface area (Å²) in [5.41, 5.74) is 7.61. The monoisotopic (exact) mass is 449 g/mol. The highest BCUT2D eigenvalue weighted by molar-refractivity contribution is 5.98. The zero-order valence-corrected chi connectivity index (χ0v) is 19.5. The lowest BCUT2D eigenvalue weighted by atomic mass is 9.76. The molecule has 1 aromatic carbocycles. The van der Waals surface area contributed by atoms with Gasteiger partial charge in [0.15, 0.2) is 0 Å². The fourth-order valence-electron chi connectivity index (χ4n) is 5.88. The highest BCUT2D eigenvalue weighted by atomic mass is 16.2. The molecule has 0 radical (unpaired) electrons. The third-order valence-corrected chi connectivity index (χ3v) is 7.82. The number of hydrogen-bond donors (Lipinski definition) is 1. The SMILES string of the molecule is Nc1ccc2nc(N3CCN(CCCCN4C(=O)CC5(CCCC5)CC4=O)CC3)ccc2c1. The van der Waals surface area contributed by atoms with E-state index in [0.29, 0.717) is 19.4 Å². The van der Waals surface area contributed by atoms with Gasteiger partial charge in [0, 0.05) is 56.6 Å². The minimum atomic E-state index is -0.00238. The number of nitrogens with two attached hydrogens (primary N) is 1. The van der Waals surface area contributed by atoms with Crippen molar-refractivity contribution in [2.45, 2.75) is 51.4 Å². The summed E-state index contributed by atoms with van der Waals surface area (Å²) in [6.45, 7) is 5.52. The van der Waals surface area contributed by atoms with Gasteiger partial charge in [-0.2, -0.15) is 0 Å². The molecule has 1 spiro atoms. The van der Waals surface area contributed by atoms with Crippen LogP contribution in [0.25, 0.3) is 10.9 Å². The Morgan fingerprint density at radius 2 is 1.58 bits per heavy atom. The minimum Gasteiger partial charge on any atom is -0.399 e. The molecule has 1 saturated carbocycles. The first-order valence-electron chi connectivity index (χ1n) is 12.5. The standard InChI is InChI=1S/C26H35N5O2/c27-21-6-7-22-20(17-21)5-8-23(28-22)30-15-13-29(14-16-30)11-3-4-12-31-24(32)18-26(19-25(31)33)9-1-2-10-26/h5-8,17H,1-4,9-16,18-19,27H2. The molecule has 2 aliphatic heterocycles. The number of imide groups is 1. The molecular weight excluding hydrogens is 414 g/mol. The molecule has 2 N–H and O–H groups in total. The van der Waals surface area contributed by atoms with Gasteiger partial charge >= 0.3 is 0 Å². The van der Waals surface area contributed by atoms with E-state index in [-0.39, 0.29) is 17.2 Å². The van der Waals surface area contributed by atoms with E-state index in [0.717, 1.165) is 80.8 Å².